The van der Waals surface area contributed by atoms with Gasteiger partial charge in [-0.05, 0) is 12.1 Å². The van der Waals surface area contributed by atoms with Gasteiger partial charge in [-0.1, -0.05) is 0 Å². The number of aromatic nitrogens is 1. The lowest BCUT2D eigenvalue weighted by Crippen LogP contribution is -2.21. The average molecular weight is 205 g/mol. The van der Waals surface area contributed by atoms with Gasteiger partial charge in [0.05, 0.1) is 30.0 Å². The first kappa shape index (κ1) is 10.8. The molecule has 1 aromatic rings. The van der Waals surface area contributed by atoms with E-state index < -0.39 is 18.6 Å². The maximum atomic E-state index is 11.9. The molecule has 0 aliphatic heterocycles. The van der Waals surface area contributed by atoms with E-state index in [1.807, 2.05) is 0 Å². The first-order chi connectivity index (χ1) is 6.38. The van der Waals surface area contributed by atoms with Crippen molar-refractivity contribution < 1.29 is 13.2 Å². The van der Waals surface area contributed by atoms with Gasteiger partial charge in [0.25, 0.3) is 0 Å². The molecule has 0 aliphatic rings. The highest BCUT2D eigenvalue weighted by atomic mass is 19.4. The molecule has 1 unspecified atom stereocenters. The molecule has 1 aromatic heterocycles. The fraction of sp³-hybridized carbons (Fsp3) is 0.375. The van der Waals surface area contributed by atoms with Crippen molar-refractivity contribution in [3.05, 3.63) is 24.0 Å². The number of nitrogen functional groups attached to an aromatic ring is 1. The van der Waals surface area contributed by atoms with Crippen molar-refractivity contribution in [3.63, 3.8) is 0 Å². The van der Waals surface area contributed by atoms with E-state index in [1.165, 1.54) is 18.3 Å². The number of rotatable bonds is 2. The Hall–Kier alpha value is -1.30. The van der Waals surface area contributed by atoms with Gasteiger partial charge < -0.3 is 11.5 Å². The van der Waals surface area contributed by atoms with Gasteiger partial charge in [0.2, 0.25) is 0 Å². The van der Waals surface area contributed by atoms with Crippen LogP contribution in [0, 0.1) is 0 Å². The highest BCUT2D eigenvalue weighted by molar-refractivity contribution is 5.35. The van der Waals surface area contributed by atoms with E-state index in [0.717, 1.165) is 0 Å². The third-order valence-electron chi connectivity index (χ3n) is 1.64. The maximum Gasteiger partial charge on any atom is 0.390 e. The minimum Gasteiger partial charge on any atom is -0.397 e. The minimum atomic E-state index is -4.28. The summed E-state index contributed by atoms with van der Waals surface area (Å²) in [5, 5.41) is 0. The van der Waals surface area contributed by atoms with E-state index in [4.69, 9.17) is 11.5 Å². The predicted octanol–water partition coefficient (Wildman–Crippen LogP) is 1.62. The summed E-state index contributed by atoms with van der Waals surface area (Å²) < 4.78 is 35.8. The van der Waals surface area contributed by atoms with Gasteiger partial charge in [0, 0.05) is 0 Å². The lowest BCUT2D eigenvalue weighted by Gasteiger charge is -2.13. The standard InChI is InChI=1S/C8H10F3N3/c9-8(10,11)3-6(13)7-2-1-5(12)4-14-7/h1-2,4,6H,3,12-13H2. The molecule has 0 aromatic carbocycles. The molecule has 0 radical (unpaired) electrons. The Bertz CT molecular complexity index is 294. The number of nitrogens with zero attached hydrogens (tertiary/aromatic N) is 1. The predicted molar refractivity (Wildman–Crippen MR) is 46.2 cm³/mol. The topological polar surface area (TPSA) is 64.9 Å². The number of hydrogen-bond acceptors (Lipinski definition) is 3. The van der Waals surface area contributed by atoms with E-state index in [1.54, 1.807) is 0 Å². The van der Waals surface area contributed by atoms with Gasteiger partial charge in [-0.15, -0.1) is 0 Å². The fourth-order valence-corrected chi connectivity index (χ4v) is 0.990. The van der Waals surface area contributed by atoms with Crippen LogP contribution in [0.25, 0.3) is 0 Å². The second-order valence-corrected chi connectivity index (χ2v) is 2.94. The quantitative estimate of drug-likeness (QED) is 0.770. The molecule has 0 spiro atoms. The second-order valence-electron chi connectivity index (χ2n) is 2.94. The van der Waals surface area contributed by atoms with E-state index in [0.29, 0.717) is 5.69 Å². The summed E-state index contributed by atoms with van der Waals surface area (Å²) in [6, 6.07) is 1.74. The summed E-state index contributed by atoms with van der Waals surface area (Å²) in [6.07, 6.45) is -4.07. The number of alkyl halides is 3. The SMILES string of the molecule is Nc1ccc(C(N)CC(F)(F)F)nc1. The summed E-state index contributed by atoms with van der Waals surface area (Å²) in [7, 11) is 0. The molecule has 0 saturated carbocycles. The molecule has 6 heteroatoms. The zero-order valence-corrected chi connectivity index (χ0v) is 7.25. The lowest BCUT2D eigenvalue weighted by atomic mass is 10.1. The first-order valence-corrected chi connectivity index (χ1v) is 3.92. The molecule has 14 heavy (non-hydrogen) atoms. The minimum absolute atomic E-state index is 0.191. The molecule has 4 N–H and O–H groups in total. The van der Waals surface area contributed by atoms with Crippen LogP contribution in [0.2, 0.25) is 0 Å². The van der Waals surface area contributed by atoms with E-state index in [-0.39, 0.29) is 5.69 Å². The van der Waals surface area contributed by atoms with Gasteiger partial charge >= 0.3 is 6.18 Å². The van der Waals surface area contributed by atoms with Crippen LogP contribution in [0.1, 0.15) is 18.2 Å². The van der Waals surface area contributed by atoms with Crippen molar-refractivity contribution in [1.29, 1.82) is 0 Å². The van der Waals surface area contributed by atoms with E-state index >= 15 is 0 Å². The third kappa shape index (κ3) is 3.21. The zero-order valence-electron chi connectivity index (χ0n) is 7.25. The Kier molecular flexibility index (Phi) is 2.95. The number of hydrogen-bond donors (Lipinski definition) is 2. The van der Waals surface area contributed by atoms with Crippen molar-refractivity contribution in [2.24, 2.45) is 5.73 Å². The molecule has 0 fully saturated rings. The van der Waals surface area contributed by atoms with Crippen LogP contribution in [-0.2, 0) is 0 Å². The van der Waals surface area contributed by atoms with Crippen molar-refractivity contribution in [2.45, 2.75) is 18.6 Å². The Balaban J connectivity index is 2.70. The molecular weight excluding hydrogens is 195 g/mol. The molecule has 0 saturated heterocycles. The van der Waals surface area contributed by atoms with Crippen LogP contribution in [0.5, 0.6) is 0 Å². The normalized spacial score (nSPS) is 14.0. The zero-order chi connectivity index (χ0) is 10.8. The second kappa shape index (κ2) is 3.83. The first-order valence-electron chi connectivity index (χ1n) is 3.92. The fourth-order valence-electron chi connectivity index (χ4n) is 0.990. The van der Waals surface area contributed by atoms with Gasteiger partial charge in [-0.3, -0.25) is 4.98 Å². The lowest BCUT2D eigenvalue weighted by molar-refractivity contribution is -0.138. The summed E-state index contributed by atoms with van der Waals surface area (Å²) in [5.41, 5.74) is 11.2. The molecule has 1 heterocycles. The van der Waals surface area contributed by atoms with Crippen LogP contribution in [0.3, 0.4) is 0 Å². The maximum absolute atomic E-state index is 11.9. The summed E-state index contributed by atoms with van der Waals surface area (Å²) in [5.74, 6) is 0. The van der Waals surface area contributed by atoms with Crippen molar-refractivity contribution in [2.75, 3.05) is 5.73 Å². The number of nitrogens with two attached hydrogens (primary N) is 2. The number of halogens is 3. The average Bonchev–Trinajstić information content (AvgIpc) is 2.02. The number of pyridine rings is 1. The van der Waals surface area contributed by atoms with Crippen LogP contribution >= 0.6 is 0 Å². The van der Waals surface area contributed by atoms with Gasteiger partial charge in [-0.2, -0.15) is 13.2 Å². The third-order valence-corrected chi connectivity index (χ3v) is 1.64. The van der Waals surface area contributed by atoms with Crippen molar-refractivity contribution in [1.82, 2.24) is 4.98 Å². The molecule has 0 bridgehead atoms. The summed E-state index contributed by atoms with van der Waals surface area (Å²) >= 11 is 0. The van der Waals surface area contributed by atoms with Crippen LogP contribution in [-0.4, -0.2) is 11.2 Å². The summed E-state index contributed by atoms with van der Waals surface area (Å²) in [6.45, 7) is 0. The van der Waals surface area contributed by atoms with Crippen LogP contribution in [0.4, 0.5) is 18.9 Å². The van der Waals surface area contributed by atoms with Crippen molar-refractivity contribution >= 4 is 5.69 Å². The molecule has 3 nitrogen and oxygen atoms in total. The van der Waals surface area contributed by atoms with Gasteiger partial charge in [-0.25, -0.2) is 0 Å². The number of anilines is 1. The Morgan fingerprint density at radius 3 is 2.43 bits per heavy atom. The molecule has 0 amide bonds. The molecule has 1 rings (SSSR count). The smallest absolute Gasteiger partial charge is 0.390 e. The van der Waals surface area contributed by atoms with Crippen molar-refractivity contribution in [3.8, 4) is 0 Å². The highest BCUT2D eigenvalue weighted by Gasteiger charge is 2.31. The molecule has 78 valence electrons. The van der Waals surface area contributed by atoms with Crippen LogP contribution in [0.15, 0.2) is 18.3 Å². The molecule has 0 aliphatic carbocycles. The van der Waals surface area contributed by atoms with Crippen LogP contribution < -0.4 is 11.5 Å². The Morgan fingerprint density at radius 1 is 1.36 bits per heavy atom. The van der Waals surface area contributed by atoms with Gasteiger partial charge in [0.15, 0.2) is 0 Å². The Labute approximate surface area is 78.9 Å². The van der Waals surface area contributed by atoms with E-state index in [9.17, 15) is 13.2 Å². The molecule has 1 atom stereocenters. The summed E-state index contributed by atoms with van der Waals surface area (Å²) in [4.78, 5) is 3.71. The van der Waals surface area contributed by atoms with Gasteiger partial charge in [0.1, 0.15) is 0 Å². The Morgan fingerprint density at radius 2 is 2.00 bits per heavy atom. The monoisotopic (exact) mass is 205 g/mol. The molecular formula is C8H10F3N3. The highest BCUT2D eigenvalue weighted by Crippen LogP contribution is 2.26. The van der Waals surface area contributed by atoms with E-state index in [2.05, 4.69) is 4.98 Å². The largest absolute Gasteiger partial charge is 0.397 e.